The number of carbonyl (C=O) groups is 1. The topological polar surface area (TPSA) is 76.5 Å². The van der Waals surface area contributed by atoms with Crippen molar-refractivity contribution >= 4 is 22.5 Å². The third kappa shape index (κ3) is 3.53. The van der Waals surface area contributed by atoms with Gasteiger partial charge < -0.3 is 9.32 Å². The van der Waals surface area contributed by atoms with Crippen molar-refractivity contribution in [3.63, 3.8) is 0 Å². The van der Waals surface area contributed by atoms with Crippen LogP contribution < -0.4 is 0 Å². The summed E-state index contributed by atoms with van der Waals surface area (Å²) in [6, 6.07) is 8.65. The van der Waals surface area contributed by atoms with Crippen LogP contribution in [0.2, 0.25) is 0 Å². The highest BCUT2D eigenvalue weighted by Crippen LogP contribution is 2.27. The zero-order valence-electron chi connectivity index (χ0n) is 15.6. The van der Waals surface area contributed by atoms with Crippen LogP contribution in [0.1, 0.15) is 22.5 Å². The minimum atomic E-state index is -5.02. The van der Waals surface area contributed by atoms with Crippen LogP contribution in [0.15, 0.2) is 41.0 Å². The number of pyridine rings is 1. The lowest BCUT2D eigenvalue weighted by Gasteiger charge is -2.23. The lowest BCUT2D eigenvalue weighted by molar-refractivity contribution is -0.187. The number of furan rings is 1. The second-order valence-electron chi connectivity index (χ2n) is 6.84. The first-order valence-electron chi connectivity index (χ1n) is 8.73. The fourth-order valence-electron chi connectivity index (χ4n) is 3.47. The molecule has 1 amide bonds. The molecule has 0 aliphatic rings. The molecule has 0 spiro atoms. The number of hydrogen-bond acceptors (Lipinski definition) is 5. The van der Waals surface area contributed by atoms with Crippen LogP contribution in [0.25, 0.3) is 16.6 Å². The summed E-state index contributed by atoms with van der Waals surface area (Å²) in [6.07, 6.45) is -3.67. The number of benzene rings is 1. The highest BCUT2D eigenvalue weighted by Gasteiger charge is 2.43. The normalized spacial score (nSPS) is 12.0. The second kappa shape index (κ2) is 6.87. The molecule has 0 aliphatic carbocycles. The lowest BCUT2D eigenvalue weighted by Crippen LogP contribution is -2.40. The van der Waals surface area contributed by atoms with Gasteiger partial charge in [0.25, 0.3) is 0 Å². The standard InChI is InChI=1S/C19H16F3N5O2/c1-11-6-12(2)16-13(7-11)8-14(17-23-24-25-27(16)17)9-26(18(28)19(20,21)22)10-15-4-3-5-29-15/h3-8H,9-10H2,1-2H3. The van der Waals surface area contributed by atoms with Gasteiger partial charge in [-0.3, -0.25) is 4.79 Å². The highest BCUT2D eigenvalue weighted by molar-refractivity contribution is 5.87. The van der Waals surface area contributed by atoms with Crippen LogP contribution >= 0.6 is 0 Å². The Hall–Kier alpha value is -3.43. The monoisotopic (exact) mass is 403 g/mol. The number of tetrazole rings is 1. The number of halogens is 3. The second-order valence-corrected chi connectivity index (χ2v) is 6.84. The van der Waals surface area contributed by atoms with Crippen molar-refractivity contribution in [2.45, 2.75) is 33.1 Å². The van der Waals surface area contributed by atoms with Crippen molar-refractivity contribution in [3.8, 4) is 0 Å². The van der Waals surface area contributed by atoms with Gasteiger partial charge in [-0.05, 0) is 54.1 Å². The summed E-state index contributed by atoms with van der Waals surface area (Å²) in [5.41, 5.74) is 3.38. The minimum absolute atomic E-state index is 0.241. The SMILES string of the molecule is Cc1cc(C)c2c(c1)cc(CN(Cc1ccco1)C(=O)C(F)(F)F)c1nnnn12. The maximum absolute atomic E-state index is 13.2. The van der Waals surface area contributed by atoms with Crippen molar-refractivity contribution < 1.29 is 22.4 Å². The third-order valence-corrected chi connectivity index (χ3v) is 4.59. The fraction of sp³-hybridized carbons (Fsp3) is 0.263. The lowest BCUT2D eigenvalue weighted by atomic mass is 10.0. The van der Waals surface area contributed by atoms with Crippen molar-refractivity contribution in [2.75, 3.05) is 0 Å². The highest BCUT2D eigenvalue weighted by atomic mass is 19.4. The van der Waals surface area contributed by atoms with E-state index in [1.54, 1.807) is 12.1 Å². The van der Waals surface area contributed by atoms with E-state index in [1.165, 1.54) is 16.8 Å². The van der Waals surface area contributed by atoms with Crippen molar-refractivity contribution in [2.24, 2.45) is 0 Å². The fourth-order valence-corrected chi connectivity index (χ4v) is 3.47. The molecule has 29 heavy (non-hydrogen) atoms. The minimum Gasteiger partial charge on any atom is -0.467 e. The number of carbonyl (C=O) groups excluding carboxylic acids is 1. The zero-order chi connectivity index (χ0) is 20.8. The molecule has 0 fully saturated rings. The summed E-state index contributed by atoms with van der Waals surface area (Å²) >= 11 is 0. The molecular formula is C19H16F3N5O2. The van der Waals surface area contributed by atoms with Crippen molar-refractivity contribution in [1.82, 2.24) is 24.9 Å². The first-order valence-corrected chi connectivity index (χ1v) is 8.73. The van der Waals surface area contributed by atoms with E-state index in [9.17, 15) is 18.0 Å². The summed E-state index contributed by atoms with van der Waals surface area (Å²) in [5, 5.41) is 12.4. The Bertz CT molecular complexity index is 1200. The van der Waals surface area contributed by atoms with E-state index >= 15 is 0 Å². The summed E-state index contributed by atoms with van der Waals surface area (Å²) in [6.45, 7) is 3.18. The summed E-state index contributed by atoms with van der Waals surface area (Å²) < 4.78 is 46.1. The average molecular weight is 403 g/mol. The van der Waals surface area contributed by atoms with Gasteiger partial charge in [-0.2, -0.15) is 17.7 Å². The largest absolute Gasteiger partial charge is 0.471 e. The number of aryl methyl sites for hydroxylation is 2. The number of amides is 1. The van der Waals surface area contributed by atoms with Crippen molar-refractivity contribution in [3.05, 3.63) is 59.0 Å². The molecule has 0 unspecified atom stereocenters. The van der Waals surface area contributed by atoms with Gasteiger partial charge in [0.2, 0.25) is 0 Å². The van der Waals surface area contributed by atoms with Crippen LogP contribution in [0.3, 0.4) is 0 Å². The van der Waals surface area contributed by atoms with Gasteiger partial charge in [0, 0.05) is 10.9 Å². The predicted molar refractivity (Wildman–Crippen MR) is 96.8 cm³/mol. The molecule has 1 aromatic carbocycles. The molecule has 0 radical (unpaired) electrons. The van der Waals surface area contributed by atoms with E-state index in [2.05, 4.69) is 15.5 Å². The Morgan fingerprint density at radius 3 is 2.69 bits per heavy atom. The van der Waals surface area contributed by atoms with E-state index in [0.717, 1.165) is 22.0 Å². The van der Waals surface area contributed by atoms with Crippen LogP contribution in [-0.4, -0.2) is 37.0 Å². The van der Waals surface area contributed by atoms with E-state index in [4.69, 9.17) is 4.42 Å². The van der Waals surface area contributed by atoms with Crippen LogP contribution in [0, 0.1) is 13.8 Å². The molecule has 4 rings (SSSR count). The number of aromatic nitrogens is 4. The third-order valence-electron chi connectivity index (χ3n) is 4.59. The quantitative estimate of drug-likeness (QED) is 0.521. The van der Waals surface area contributed by atoms with E-state index in [1.807, 2.05) is 26.0 Å². The number of nitrogens with zero attached hydrogens (tertiary/aromatic N) is 5. The van der Waals surface area contributed by atoms with Gasteiger partial charge in [0.15, 0.2) is 5.65 Å². The maximum Gasteiger partial charge on any atom is 0.471 e. The summed E-state index contributed by atoms with van der Waals surface area (Å²) in [5.74, 6) is -1.72. The van der Waals surface area contributed by atoms with Crippen LogP contribution in [0.4, 0.5) is 13.2 Å². The molecule has 0 N–H and O–H groups in total. The zero-order valence-corrected chi connectivity index (χ0v) is 15.6. The molecular weight excluding hydrogens is 387 g/mol. The number of rotatable bonds is 4. The average Bonchev–Trinajstić information content (AvgIpc) is 3.30. The Morgan fingerprint density at radius 2 is 2.00 bits per heavy atom. The number of fused-ring (bicyclic) bond motifs is 3. The Kier molecular flexibility index (Phi) is 4.48. The van der Waals surface area contributed by atoms with E-state index in [0.29, 0.717) is 16.1 Å². The Morgan fingerprint density at radius 1 is 1.21 bits per heavy atom. The molecule has 4 aromatic rings. The molecule has 7 nitrogen and oxygen atoms in total. The molecule has 10 heteroatoms. The number of alkyl halides is 3. The van der Waals surface area contributed by atoms with Gasteiger partial charge in [-0.15, -0.1) is 5.10 Å². The Labute approximate surface area is 162 Å². The molecule has 0 bridgehead atoms. The molecule has 3 aromatic heterocycles. The maximum atomic E-state index is 13.2. The van der Waals surface area contributed by atoms with Gasteiger partial charge in [-0.25, -0.2) is 0 Å². The van der Waals surface area contributed by atoms with E-state index < -0.39 is 12.1 Å². The first-order chi connectivity index (χ1) is 13.7. The predicted octanol–water partition coefficient (Wildman–Crippen LogP) is 3.58. The molecule has 150 valence electrons. The molecule has 3 heterocycles. The molecule has 0 saturated carbocycles. The summed E-state index contributed by atoms with van der Waals surface area (Å²) in [7, 11) is 0. The van der Waals surface area contributed by atoms with Gasteiger partial charge in [0.05, 0.1) is 24.9 Å². The van der Waals surface area contributed by atoms with Gasteiger partial charge in [0.1, 0.15) is 5.76 Å². The Balaban J connectivity index is 1.82. The van der Waals surface area contributed by atoms with E-state index in [-0.39, 0.29) is 18.8 Å². The molecule has 0 aliphatic heterocycles. The van der Waals surface area contributed by atoms with Gasteiger partial charge >= 0.3 is 12.1 Å². The number of hydrogen-bond donors (Lipinski definition) is 0. The van der Waals surface area contributed by atoms with Crippen LogP contribution in [0.5, 0.6) is 0 Å². The van der Waals surface area contributed by atoms with Crippen LogP contribution in [-0.2, 0) is 17.9 Å². The first kappa shape index (κ1) is 18.9. The smallest absolute Gasteiger partial charge is 0.467 e. The molecule has 0 atom stereocenters. The van der Waals surface area contributed by atoms with Crippen molar-refractivity contribution in [1.29, 1.82) is 0 Å². The van der Waals surface area contributed by atoms with Gasteiger partial charge in [-0.1, -0.05) is 11.6 Å². The summed E-state index contributed by atoms with van der Waals surface area (Å²) in [4.78, 5) is 12.7. The molecule has 0 saturated heterocycles.